The summed E-state index contributed by atoms with van der Waals surface area (Å²) < 4.78 is 7.30. The third kappa shape index (κ3) is 15.4. The Kier molecular flexibility index (Phi) is 21.6. The lowest BCUT2D eigenvalue weighted by Crippen LogP contribution is -2.60. The van der Waals surface area contributed by atoms with Crippen molar-refractivity contribution >= 4 is 75.5 Å². The summed E-state index contributed by atoms with van der Waals surface area (Å²) in [6.45, 7) is 15.9. The highest BCUT2D eigenvalue weighted by atomic mass is 35.5. The van der Waals surface area contributed by atoms with Crippen molar-refractivity contribution < 1.29 is 53.1 Å². The zero-order valence-corrected chi connectivity index (χ0v) is 49.8. The molecule has 5 N–H and O–H groups in total. The van der Waals surface area contributed by atoms with Gasteiger partial charge in [0.05, 0.1) is 28.0 Å². The van der Waals surface area contributed by atoms with E-state index in [4.69, 9.17) is 16.3 Å². The summed E-state index contributed by atoms with van der Waals surface area (Å²) in [5.74, 6) is -6.96. The standard InChI is InChI=1S/C61H78ClN9O12/c1-12-13-22-43-53(73)66-45(31-41-34-70(61(8,9)52(72)32-62)46-23-18-17-21-42(41)46)58(78)67(10)48(26-35(2)3)55(75)65-44(29-39-24-25-51(47(30-39)71(81)82)83-60(80)40-19-15-14-16-20-40)54(74)63-38(7)57(77)68(11)50-28-37(6)33-69(59(50)79)49(27-36(4)5)56(76)64-43/h12-21,23-25,30,33-36,38,43-45,48-50,52,72H,22,26-29,31-32H2,1-11H3,(H,63,74)(H,64,76)(H,65,75)(H,66,73)/b13-12+/t38-,43-,44-,45-,48-,49-,50-,52+/m0/s1. The molecule has 3 heterocycles. The van der Waals surface area contributed by atoms with E-state index in [2.05, 4.69) is 21.3 Å². The van der Waals surface area contributed by atoms with Gasteiger partial charge in [0.25, 0.3) is 0 Å². The number of nitro benzene ring substituents is 1. The number of esters is 1. The van der Waals surface area contributed by atoms with Crippen molar-refractivity contribution in [3.63, 3.8) is 0 Å². The summed E-state index contributed by atoms with van der Waals surface area (Å²) in [5, 5.41) is 35.7. The molecule has 6 rings (SSSR count). The maximum absolute atomic E-state index is 15.5. The predicted molar refractivity (Wildman–Crippen MR) is 314 cm³/mol. The molecule has 3 aromatic carbocycles. The number of rotatable bonds is 16. The van der Waals surface area contributed by atoms with Crippen molar-refractivity contribution in [3.05, 3.63) is 130 Å². The van der Waals surface area contributed by atoms with Crippen molar-refractivity contribution in [1.29, 1.82) is 0 Å². The number of aliphatic hydroxyl groups is 1. The number of carbonyl (C=O) groups excluding carboxylic acids is 8. The van der Waals surface area contributed by atoms with Crippen LogP contribution in [0.15, 0.2) is 103 Å². The topological polar surface area (TPSA) is 272 Å². The maximum Gasteiger partial charge on any atom is 0.343 e. The maximum atomic E-state index is 15.5. The molecular formula is C61H78ClN9O12. The quantitative estimate of drug-likeness (QED) is 0.0213. The molecule has 0 saturated carbocycles. The molecule has 0 aliphatic carbocycles. The summed E-state index contributed by atoms with van der Waals surface area (Å²) in [7, 11) is 2.80. The summed E-state index contributed by atoms with van der Waals surface area (Å²) in [6, 6.07) is 9.53. The number of carbonyl (C=O) groups is 8. The predicted octanol–water partition coefficient (Wildman–Crippen LogP) is 6.08. The van der Waals surface area contributed by atoms with Gasteiger partial charge in [-0.2, -0.15) is 0 Å². The van der Waals surface area contributed by atoms with Crippen LogP contribution >= 0.6 is 11.6 Å². The minimum absolute atomic E-state index is 0.0239. The van der Waals surface area contributed by atoms with Crippen LogP contribution < -0.4 is 26.0 Å². The van der Waals surface area contributed by atoms with Crippen LogP contribution in [0, 0.1) is 22.0 Å². The van der Waals surface area contributed by atoms with Gasteiger partial charge in [-0.15, -0.1) is 11.6 Å². The fourth-order valence-electron chi connectivity index (χ4n) is 10.4. The molecule has 8 atom stereocenters. The van der Waals surface area contributed by atoms with Crippen LogP contribution in [0.3, 0.4) is 0 Å². The Morgan fingerprint density at radius 3 is 2.04 bits per heavy atom. The van der Waals surface area contributed by atoms with Crippen LogP contribution in [0.4, 0.5) is 5.69 Å². The van der Waals surface area contributed by atoms with E-state index in [1.807, 2.05) is 70.4 Å². The van der Waals surface area contributed by atoms with E-state index >= 15 is 14.4 Å². The average molecular weight is 1160 g/mol. The number of hydrogen-bond acceptors (Lipinski definition) is 12. The highest BCUT2D eigenvalue weighted by molar-refractivity contribution is 6.18. The number of aliphatic hydroxyl groups excluding tert-OH is 1. The van der Waals surface area contributed by atoms with Crippen LogP contribution in [0.2, 0.25) is 0 Å². The van der Waals surface area contributed by atoms with Crippen LogP contribution in [-0.2, 0) is 51.9 Å². The van der Waals surface area contributed by atoms with E-state index in [0.717, 1.165) is 6.07 Å². The lowest BCUT2D eigenvalue weighted by molar-refractivity contribution is -0.385. The van der Waals surface area contributed by atoms with E-state index in [1.165, 1.54) is 60.0 Å². The van der Waals surface area contributed by atoms with E-state index in [0.29, 0.717) is 22.0 Å². The highest BCUT2D eigenvalue weighted by Gasteiger charge is 2.43. The van der Waals surface area contributed by atoms with Gasteiger partial charge in [0.1, 0.15) is 42.3 Å². The first kappa shape index (κ1) is 64.3. The first-order valence-electron chi connectivity index (χ1n) is 27.9. The van der Waals surface area contributed by atoms with Gasteiger partial charge < -0.3 is 50.4 Å². The minimum atomic E-state index is -1.58. The third-order valence-electron chi connectivity index (χ3n) is 15.3. The summed E-state index contributed by atoms with van der Waals surface area (Å²) >= 11 is 6.22. The molecule has 0 spiro atoms. The summed E-state index contributed by atoms with van der Waals surface area (Å²) in [4.78, 5) is 133. The van der Waals surface area contributed by atoms with Crippen molar-refractivity contribution in [2.45, 2.75) is 155 Å². The molecule has 2 bridgehead atoms. The van der Waals surface area contributed by atoms with Crippen molar-refractivity contribution in [2.75, 3.05) is 20.0 Å². The largest absolute Gasteiger partial charge is 0.416 e. The van der Waals surface area contributed by atoms with Gasteiger partial charge in [0, 0.05) is 56.3 Å². The molecule has 1 fully saturated rings. The number of benzene rings is 3. The third-order valence-corrected chi connectivity index (χ3v) is 15.6. The Labute approximate surface area is 489 Å². The second-order valence-corrected chi connectivity index (χ2v) is 23.2. The molecule has 0 radical (unpaired) electrons. The van der Waals surface area contributed by atoms with Gasteiger partial charge in [0.15, 0.2) is 0 Å². The Bertz CT molecular complexity index is 3140. The van der Waals surface area contributed by atoms with Crippen molar-refractivity contribution in [3.8, 4) is 5.75 Å². The number of halogens is 1. The molecule has 1 saturated heterocycles. The molecule has 21 nitrogen and oxygen atoms in total. The number of fused-ring (bicyclic) bond motifs is 3. The van der Waals surface area contributed by atoms with Gasteiger partial charge >= 0.3 is 11.7 Å². The smallest absolute Gasteiger partial charge is 0.343 e. The number of para-hydroxylation sites is 1. The summed E-state index contributed by atoms with van der Waals surface area (Å²) in [5.41, 5.74) is 0.586. The Hall–Kier alpha value is -7.91. The zero-order chi connectivity index (χ0) is 61.2. The lowest BCUT2D eigenvalue weighted by atomic mass is 9.95. The first-order chi connectivity index (χ1) is 39.2. The van der Waals surface area contributed by atoms with Crippen molar-refractivity contribution in [1.82, 2.24) is 40.5 Å². The van der Waals surface area contributed by atoms with Gasteiger partial charge in [0.2, 0.25) is 47.1 Å². The first-order valence-corrected chi connectivity index (χ1v) is 28.5. The van der Waals surface area contributed by atoms with Gasteiger partial charge in [-0.3, -0.25) is 43.7 Å². The van der Waals surface area contributed by atoms with Gasteiger partial charge in [-0.05, 0) is 108 Å². The van der Waals surface area contributed by atoms with E-state index in [-0.39, 0.29) is 66.7 Å². The number of nitrogens with one attached hydrogen (secondary N) is 4. The number of nitro groups is 1. The molecule has 7 amide bonds. The SMILES string of the molecule is C/C=C/C[C@@H]1NC(=O)[C@H](CC(C)C)N2C=C(C)C[C@@H](C2=O)N(C)C(=O)[C@H](C)NC(=O)[C@H](Cc2ccc(OC(=O)c3ccccc3)c([N+](=O)[O-])c2)NC(=O)[C@H](CC(C)C)N(C)C(=O)[C@H](Cc2cn(C(C)(C)[C@H](O)CCl)c3ccccc23)NC1=O. The van der Waals surface area contributed by atoms with Crippen LogP contribution in [0.5, 0.6) is 5.75 Å². The lowest BCUT2D eigenvalue weighted by Gasteiger charge is -2.39. The average Bonchev–Trinajstić information content (AvgIpc) is 3.40. The van der Waals surface area contributed by atoms with Gasteiger partial charge in [-0.25, -0.2) is 4.79 Å². The number of likely N-dealkylation sites (N-methyl/N-ethyl adjacent to an activating group) is 2. The van der Waals surface area contributed by atoms with Crippen LogP contribution in [0.25, 0.3) is 10.9 Å². The minimum Gasteiger partial charge on any atom is -0.416 e. The molecule has 2 aliphatic rings. The Balaban J connectivity index is 1.50. The second kappa shape index (κ2) is 27.9. The number of allylic oxidation sites excluding steroid dienone is 1. The van der Waals surface area contributed by atoms with E-state index in [1.54, 1.807) is 56.6 Å². The number of nitrogens with zero attached hydrogens (tertiary/aromatic N) is 5. The molecule has 1 aromatic heterocycles. The number of hydrogen-bond donors (Lipinski definition) is 5. The zero-order valence-electron chi connectivity index (χ0n) is 49.0. The summed E-state index contributed by atoms with van der Waals surface area (Å²) in [6.07, 6.45) is 5.34. The fourth-order valence-corrected chi connectivity index (χ4v) is 10.8. The molecule has 446 valence electrons. The Morgan fingerprint density at radius 2 is 1.40 bits per heavy atom. The molecule has 22 heteroatoms. The normalized spacial score (nSPS) is 22.5. The molecular weight excluding hydrogens is 1090 g/mol. The van der Waals surface area contributed by atoms with E-state index < -0.39 is 118 Å². The fraction of sp³-hybridized carbons (Fsp3) is 0.475. The Morgan fingerprint density at radius 1 is 0.795 bits per heavy atom. The van der Waals surface area contributed by atoms with Gasteiger partial charge in [-0.1, -0.05) is 87.9 Å². The van der Waals surface area contributed by atoms with Crippen molar-refractivity contribution in [2.24, 2.45) is 11.8 Å². The monoisotopic (exact) mass is 1160 g/mol. The number of alkyl halides is 1. The highest BCUT2D eigenvalue weighted by Crippen LogP contribution is 2.33. The number of ether oxygens (including phenoxy) is 1. The molecule has 4 aromatic rings. The van der Waals surface area contributed by atoms with Crippen LogP contribution in [0.1, 0.15) is 109 Å². The molecule has 2 aliphatic heterocycles. The number of aromatic nitrogens is 1. The van der Waals surface area contributed by atoms with Crippen LogP contribution in [-0.4, -0.2) is 145 Å². The molecule has 0 unspecified atom stereocenters. The molecule has 83 heavy (non-hydrogen) atoms. The number of amides is 7. The van der Waals surface area contributed by atoms with E-state index in [9.17, 15) is 39.2 Å². The second-order valence-electron chi connectivity index (χ2n) is 22.9.